The molecule has 0 atom stereocenters. The molecule has 2 aromatic rings. The SMILES string of the molecule is CCn1c(N2CCN(c3ccccc3F)CC2)c(/C=C2/SC(=S)N(CC(C)C)C2=O)c(C)c(C#N)c1=O. The van der Waals surface area contributed by atoms with Crippen LogP contribution in [0.25, 0.3) is 6.08 Å². The summed E-state index contributed by atoms with van der Waals surface area (Å²) in [6.07, 6.45) is 1.78. The van der Waals surface area contributed by atoms with E-state index < -0.39 is 0 Å². The standard InChI is InChI=1S/C27H30FN5O2S2/c1-5-32-24(31-12-10-30(11-13-31)22-9-7-6-8-21(22)28)19(18(4)20(15-29)25(32)34)14-23-26(35)33(16-17(2)3)27(36)37-23/h6-9,14,17H,5,10-13,16H2,1-4H3/b23-14+. The fraction of sp³-hybridized carbons (Fsp3) is 0.407. The minimum Gasteiger partial charge on any atom is -0.366 e. The number of hydrogen-bond donors (Lipinski definition) is 0. The predicted molar refractivity (Wildman–Crippen MR) is 151 cm³/mol. The molecule has 0 radical (unpaired) electrons. The zero-order valence-corrected chi connectivity index (χ0v) is 23.1. The van der Waals surface area contributed by atoms with Crippen LogP contribution in [0, 0.1) is 30.0 Å². The number of carbonyl (C=O) groups is 1. The van der Waals surface area contributed by atoms with Crippen molar-refractivity contribution in [3.05, 3.63) is 62.0 Å². The Bertz CT molecular complexity index is 1370. The van der Waals surface area contributed by atoms with E-state index in [1.54, 1.807) is 34.6 Å². The minimum atomic E-state index is -0.349. The van der Waals surface area contributed by atoms with Crippen LogP contribution in [0.2, 0.25) is 0 Å². The molecule has 0 spiro atoms. The molecule has 1 aromatic heterocycles. The van der Waals surface area contributed by atoms with Crippen molar-refractivity contribution < 1.29 is 9.18 Å². The Morgan fingerprint density at radius 3 is 2.41 bits per heavy atom. The van der Waals surface area contributed by atoms with Crippen molar-refractivity contribution in [1.82, 2.24) is 9.47 Å². The second-order valence-electron chi connectivity index (χ2n) is 9.51. The van der Waals surface area contributed by atoms with Crippen LogP contribution < -0.4 is 15.4 Å². The lowest BCUT2D eigenvalue weighted by molar-refractivity contribution is -0.122. The lowest BCUT2D eigenvalue weighted by Crippen LogP contribution is -2.49. The highest BCUT2D eigenvalue weighted by atomic mass is 32.2. The van der Waals surface area contributed by atoms with E-state index in [2.05, 4.69) is 11.0 Å². The molecule has 3 heterocycles. The fourth-order valence-corrected chi connectivity index (χ4v) is 6.06. The highest BCUT2D eigenvalue weighted by Gasteiger charge is 2.34. The van der Waals surface area contributed by atoms with Crippen LogP contribution in [0.5, 0.6) is 0 Å². The summed E-state index contributed by atoms with van der Waals surface area (Å²) >= 11 is 6.72. The first-order valence-corrected chi connectivity index (χ1v) is 13.6. The van der Waals surface area contributed by atoms with Gasteiger partial charge in [-0.05, 0) is 43.5 Å². The molecule has 37 heavy (non-hydrogen) atoms. The smallest absolute Gasteiger partial charge is 0.270 e. The summed E-state index contributed by atoms with van der Waals surface area (Å²) in [6, 6.07) is 8.77. The Kier molecular flexibility index (Phi) is 8.05. The van der Waals surface area contributed by atoms with E-state index >= 15 is 0 Å². The van der Waals surface area contributed by atoms with Gasteiger partial charge < -0.3 is 9.80 Å². The number of para-hydroxylation sites is 1. The van der Waals surface area contributed by atoms with Gasteiger partial charge in [0.05, 0.1) is 10.6 Å². The molecule has 1 amide bonds. The van der Waals surface area contributed by atoms with Crippen molar-refractivity contribution in [2.75, 3.05) is 42.5 Å². The van der Waals surface area contributed by atoms with Crippen molar-refractivity contribution in [2.24, 2.45) is 5.92 Å². The van der Waals surface area contributed by atoms with E-state index in [4.69, 9.17) is 12.2 Å². The third-order valence-corrected chi connectivity index (χ3v) is 8.01. The van der Waals surface area contributed by atoms with Gasteiger partial charge in [0, 0.05) is 44.8 Å². The molecule has 10 heteroatoms. The second-order valence-corrected chi connectivity index (χ2v) is 11.2. The average molecular weight is 540 g/mol. The van der Waals surface area contributed by atoms with Gasteiger partial charge in [-0.15, -0.1) is 0 Å². The highest BCUT2D eigenvalue weighted by molar-refractivity contribution is 8.26. The van der Waals surface area contributed by atoms with Crippen LogP contribution in [0.15, 0.2) is 34.0 Å². The van der Waals surface area contributed by atoms with E-state index in [0.29, 0.717) is 71.1 Å². The van der Waals surface area contributed by atoms with E-state index in [-0.39, 0.29) is 28.8 Å². The number of carbonyl (C=O) groups excluding carboxylic acids is 1. The number of piperazine rings is 1. The van der Waals surface area contributed by atoms with Crippen LogP contribution in [-0.4, -0.2) is 52.4 Å². The minimum absolute atomic E-state index is 0.0690. The van der Waals surface area contributed by atoms with Crippen LogP contribution in [-0.2, 0) is 11.3 Å². The van der Waals surface area contributed by atoms with E-state index in [1.807, 2.05) is 31.7 Å². The molecular weight excluding hydrogens is 509 g/mol. The number of rotatable bonds is 6. The summed E-state index contributed by atoms with van der Waals surface area (Å²) in [5.41, 5.74) is 1.48. The molecular formula is C27H30FN5O2S2. The normalized spacial score (nSPS) is 17.3. The molecule has 2 aliphatic heterocycles. The first-order chi connectivity index (χ1) is 17.7. The maximum absolute atomic E-state index is 14.4. The quantitative estimate of drug-likeness (QED) is 0.399. The van der Waals surface area contributed by atoms with E-state index in [1.165, 1.54) is 17.8 Å². The van der Waals surface area contributed by atoms with Gasteiger partial charge in [-0.2, -0.15) is 5.26 Å². The average Bonchev–Trinajstić information content (AvgIpc) is 3.13. The Hall–Kier alpha value is -3.16. The van der Waals surface area contributed by atoms with Gasteiger partial charge in [0.1, 0.15) is 27.6 Å². The summed E-state index contributed by atoms with van der Waals surface area (Å²) < 4.78 is 16.5. The number of anilines is 2. The molecule has 0 bridgehead atoms. The molecule has 4 rings (SSSR count). The number of nitrogens with zero attached hydrogens (tertiary/aromatic N) is 5. The van der Waals surface area contributed by atoms with Crippen molar-refractivity contribution in [3.8, 4) is 6.07 Å². The van der Waals surface area contributed by atoms with Crippen molar-refractivity contribution >= 4 is 51.8 Å². The zero-order valence-electron chi connectivity index (χ0n) is 21.5. The van der Waals surface area contributed by atoms with Crippen molar-refractivity contribution in [3.63, 3.8) is 0 Å². The van der Waals surface area contributed by atoms with Gasteiger partial charge in [-0.3, -0.25) is 19.1 Å². The Labute approximate surface area is 226 Å². The number of halogens is 1. The lowest BCUT2D eigenvalue weighted by atomic mass is 10.0. The van der Waals surface area contributed by atoms with E-state index in [0.717, 1.165) is 0 Å². The second kappa shape index (κ2) is 11.1. The zero-order chi connectivity index (χ0) is 26.9. The number of thiocarbonyl (C=S) groups is 1. The number of pyridine rings is 1. The first kappa shape index (κ1) is 26.9. The molecule has 2 aliphatic rings. The lowest BCUT2D eigenvalue weighted by Gasteiger charge is -2.39. The predicted octanol–water partition coefficient (Wildman–Crippen LogP) is 4.37. The summed E-state index contributed by atoms with van der Waals surface area (Å²) in [5, 5.41) is 9.79. The van der Waals surface area contributed by atoms with Crippen molar-refractivity contribution in [1.29, 1.82) is 5.26 Å². The van der Waals surface area contributed by atoms with Gasteiger partial charge in [0.2, 0.25) is 0 Å². The molecule has 0 aliphatic carbocycles. The topological polar surface area (TPSA) is 72.6 Å². The molecule has 2 saturated heterocycles. The molecule has 1 aromatic carbocycles. The number of nitriles is 1. The van der Waals surface area contributed by atoms with Crippen LogP contribution in [0.4, 0.5) is 15.9 Å². The van der Waals surface area contributed by atoms with Crippen molar-refractivity contribution in [2.45, 2.75) is 34.2 Å². The number of benzene rings is 1. The summed E-state index contributed by atoms with van der Waals surface area (Å²) in [4.78, 5) is 32.7. The Morgan fingerprint density at radius 2 is 1.81 bits per heavy atom. The molecule has 7 nitrogen and oxygen atoms in total. The molecule has 194 valence electrons. The van der Waals surface area contributed by atoms with Gasteiger partial charge in [-0.1, -0.05) is 50.0 Å². The van der Waals surface area contributed by atoms with Gasteiger partial charge in [-0.25, -0.2) is 4.39 Å². The summed E-state index contributed by atoms with van der Waals surface area (Å²) in [6.45, 7) is 10.8. The monoisotopic (exact) mass is 539 g/mol. The number of thioether (sulfide) groups is 1. The molecule has 0 N–H and O–H groups in total. The van der Waals surface area contributed by atoms with Crippen LogP contribution in [0.1, 0.15) is 37.5 Å². The van der Waals surface area contributed by atoms with Gasteiger partial charge in [0.25, 0.3) is 11.5 Å². The number of hydrogen-bond acceptors (Lipinski definition) is 7. The number of aromatic nitrogens is 1. The summed E-state index contributed by atoms with van der Waals surface area (Å²) in [5.74, 6) is 0.509. The van der Waals surface area contributed by atoms with Crippen LogP contribution >= 0.6 is 24.0 Å². The van der Waals surface area contributed by atoms with E-state index in [9.17, 15) is 19.2 Å². The fourth-order valence-electron chi connectivity index (χ4n) is 4.80. The third kappa shape index (κ3) is 5.15. The van der Waals surface area contributed by atoms with Crippen LogP contribution in [0.3, 0.4) is 0 Å². The van der Waals surface area contributed by atoms with Gasteiger partial charge >= 0.3 is 0 Å². The highest BCUT2D eigenvalue weighted by Crippen LogP contribution is 2.36. The largest absolute Gasteiger partial charge is 0.366 e. The summed E-state index contributed by atoms with van der Waals surface area (Å²) in [7, 11) is 0. The first-order valence-electron chi connectivity index (χ1n) is 12.3. The Morgan fingerprint density at radius 1 is 1.16 bits per heavy atom. The maximum Gasteiger partial charge on any atom is 0.270 e. The van der Waals surface area contributed by atoms with Gasteiger partial charge in [0.15, 0.2) is 0 Å². The Balaban J connectivity index is 1.77. The molecule has 2 fully saturated rings. The maximum atomic E-state index is 14.4. The molecule has 0 saturated carbocycles. The third-order valence-electron chi connectivity index (χ3n) is 6.63. The molecule has 0 unspecified atom stereocenters. The number of amides is 1.